The molecule has 2 aliphatic heterocycles. The molecule has 3 heterocycles. The molecule has 0 aliphatic carbocycles. The number of hydrogen-bond donors (Lipinski definition) is 1. The molecule has 2 aromatic carbocycles. The third kappa shape index (κ3) is 3.69. The number of aliphatic hydroxyl groups excluding tert-OH is 1. The van der Waals surface area contributed by atoms with Crippen LogP contribution < -0.4 is 9.47 Å². The Hall–Kier alpha value is -4.13. The lowest BCUT2D eigenvalue weighted by Crippen LogP contribution is -2.29. The van der Waals surface area contributed by atoms with Gasteiger partial charge in [-0.25, -0.2) is 0 Å². The van der Waals surface area contributed by atoms with Crippen LogP contribution in [0.1, 0.15) is 35.3 Å². The maximum Gasteiger partial charge on any atom is 0.296 e. The largest absolute Gasteiger partial charge is 0.507 e. The zero-order valence-corrected chi connectivity index (χ0v) is 18.9. The maximum atomic E-state index is 13.3. The van der Waals surface area contributed by atoms with E-state index >= 15 is 0 Å². The highest BCUT2D eigenvalue weighted by Gasteiger charge is 2.47. The number of likely N-dealkylation sites (tertiary alicyclic amines) is 1. The molecular formula is C27H24N2O5. The van der Waals surface area contributed by atoms with Crippen LogP contribution in [0.3, 0.4) is 0 Å². The van der Waals surface area contributed by atoms with E-state index in [2.05, 4.69) is 4.98 Å². The van der Waals surface area contributed by atoms with E-state index in [-0.39, 0.29) is 24.0 Å². The maximum absolute atomic E-state index is 13.3. The molecule has 0 spiro atoms. The smallest absolute Gasteiger partial charge is 0.296 e. The number of para-hydroxylation sites is 1. The SMILES string of the molecule is COc1ccccc1C1/C(=C(\O)c2ccc3c(c2)CC(C)O3)C(=O)C(=O)N1Cc1ccccn1. The second kappa shape index (κ2) is 8.67. The van der Waals surface area contributed by atoms with Crippen LogP contribution in [0.25, 0.3) is 5.76 Å². The third-order valence-electron chi connectivity index (χ3n) is 6.20. The van der Waals surface area contributed by atoms with Crippen molar-refractivity contribution in [3.63, 3.8) is 0 Å². The Bertz CT molecular complexity index is 1300. The Balaban J connectivity index is 1.66. The fourth-order valence-corrected chi connectivity index (χ4v) is 4.65. The quantitative estimate of drug-likeness (QED) is 0.354. The first kappa shape index (κ1) is 21.7. The Kier molecular flexibility index (Phi) is 5.53. The molecule has 2 atom stereocenters. The van der Waals surface area contributed by atoms with Gasteiger partial charge in [0, 0.05) is 23.7 Å². The minimum Gasteiger partial charge on any atom is -0.507 e. The highest BCUT2D eigenvalue weighted by molar-refractivity contribution is 6.46. The second-order valence-electron chi connectivity index (χ2n) is 8.45. The number of hydrogen-bond acceptors (Lipinski definition) is 6. The van der Waals surface area contributed by atoms with Crippen molar-refractivity contribution in [2.75, 3.05) is 7.11 Å². The Morgan fingerprint density at radius 2 is 1.94 bits per heavy atom. The van der Waals surface area contributed by atoms with E-state index in [1.165, 1.54) is 12.0 Å². The van der Waals surface area contributed by atoms with Crippen LogP contribution in [0.15, 0.2) is 72.4 Å². The van der Waals surface area contributed by atoms with Gasteiger partial charge in [0.05, 0.1) is 31.0 Å². The van der Waals surface area contributed by atoms with E-state index in [0.717, 1.165) is 11.3 Å². The van der Waals surface area contributed by atoms with Gasteiger partial charge in [0.25, 0.3) is 11.7 Å². The van der Waals surface area contributed by atoms with Gasteiger partial charge in [-0.3, -0.25) is 14.6 Å². The summed E-state index contributed by atoms with van der Waals surface area (Å²) < 4.78 is 11.3. The van der Waals surface area contributed by atoms with Gasteiger partial charge < -0.3 is 19.5 Å². The summed E-state index contributed by atoms with van der Waals surface area (Å²) in [5, 5.41) is 11.4. The lowest BCUT2D eigenvalue weighted by Gasteiger charge is -2.26. The molecule has 5 rings (SSSR count). The fraction of sp³-hybridized carbons (Fsp3) is 0.222. The molecule has 7 heteroatoms. The van der Waals surface area contributed by atoms with E-state index in [0.29, 0.717) is 29.0 Å². The molecule has 172 valence electrons. The number of aromatic nitrogens is 1. The lowest BCUT2D eigenvalue weighted by atomic mass is 9.94. The number of carbonyl (C=O) groups is 2. The number of nitrogens with zero attached hydrogens (tertiary/aromatic N) is 2. The molecule has 7 nitrogen and oxygen atoms in total. The number of carbonyl (C=O) groups excluding carboxylic acids is 2. The number of fused-ring (bicyclic) bond motifs is 1. The highest BCUT2D eigenvalue weighted by atomic mass is 16.5. The van der Waals surface area contributed by atoms with Crippen LogP contribution in [-0.4, -0.2) is 39.9 Å². The van der Waals surface area contributed by atoms with E-state index in [1.54, 1.807) is 42.6 Å². The topological polar surface area (TPSA) is 89.0 Å². The van der Waals surface area contributed by atoms with Crippen LogP contribution in [0, 0.1) is 0 Å². The van der Waals surface area contributed by atoms with Gasteiger partial charge in [-0.15, -0.1) is 0 Å². The number of methoxy groups -OCH3 is 1. The number of Topliss-reactive ketones (excluding diaryl/α,β-unsaturated/α-hetero) is 1. The van der Waals surface area contributed by atoms with Gasteiger partial charge in [-0.1, -0.05) is 24.3 Å². The number of amides is 1. The van der Waals surface area contributed by atoms with Gasteiger partial charge in [0.2, 0.25) is 0 Å². The molecule has 1 aromatic heterocycles. The summed E-state index contributed by atoms with van der Waals surface area (Å²) >= 11 is 0. The predicted octanol–water partition coefficient (Wildman–Crippen LogP) is 4.04. The molecule has 2 aliphatic rings. The van der Waals surface area contributed by atoms with Crippen molar-refractivity contribution in [3.8, 4) is 11.5 Å². The zero-order chi connectivity index (χ0) is 23.8. The molecule has 1 N–H and O–H groups in total. The van der Waals surface area contributed by atoms with Gasteiger partial charge in [0.1, 0.15) is 23.4 Å². The molecule has 2 unspecified atom stereocenters. The number of ether oxygens (including phenoxy) is 2. The summed E-state index contributed by atoms with van der Waals surface area (Å²) in [5.74, 6) is -0.376. The van der Waals surface area contributed by atoms with E-state index in [4.69, 9.17) is 9.47 Å². The third-order valence-corrected chi connectivity index (χ3v) is 6.20. The Morgan fingerprint density at radius 1 is 1.15 bits per heavy atom. The minimum atomic E-state index is -0.832. The van der Waals surface area contributed by atoms with E-state index < -0.39 is 17.7 Å². The van der Waals surface area contributed by atoms with Crippen molar-refractivity contribution in [3.05, 3.63) is 94.8 Å². The Labute approximate surface area is 197 Å². The van der Waals surface area contributed by atoms with Gasteiger partial charge in [-0.05, 0) is 48.9 Å². The average molecular weight is 456 g/mol. The molecule has 0 saturated carbocycles. The molecule has 0 radical (unpaired) electrons. The molecule has 1 amide bonds. The molecule has 1 fully saturated rings. The van der Waals surface area contributed by atoms with Crippen LogP contribution in [0.2, 0.25) is 0 Å². The van der Waals surface area contributed by atoms with Gasteiger partial charge >= 0.3 is 0 Å². The standard InChI is InChI=1S/C27H24N2O5/c1-16-13-18-14-17(10-11-21(18)34-16)25(30)23-24(20-8-3-4-9-22(20)33-2)29(27(32)26(23)31)15-19-7-5-6-12-28-19/h3-12,14,16,24,30H,13,15H2,1-2H3/b25-23+. The summed E-state index contributed by atoms with van der Waals surface area (Å²) in [7, 11) is 1.53. The second-order valence-corrected chi connectivity index (χ2v) is 8.45. The molecule has 1 saturated heterocycles. The normalized spacial score (nSPS) is 20.8. The number of rotatable bonds is 5. The van der Waals surface area contributed by atoms with Crippen molar-refractivity contribution in [1.29, 1.82) is 0 Å². The van der Waals surface area contributed by atoms with Crippen molar-refractivity contribution in [2.45, 2.75) is 32.0 Å². The molecule has 3 aromatic rings. The monoisotopic (exact) mass is 456 g/mol. The number of benzene rings is 2. The van der Waals surface area contributed by atoms with Crippen LogP contribution >= 0.6 is 0 Å². The van der Waals surface area contributed by atoms with Gasteiger partial charge in [-0.2, -0.15) is 0 Å². The number of aliphatic hydroxyl groups is 1. The number of pyridine rings is 1. The van der Waals surface area contributed by atoms with Crippen LogP contribution in [0.4, 0.5) is 0 Å². The van der Waals surface area contributed by atoms with Crippen molar-refractivity contribution in [1.82, 2.24) is 9.88 Å². The summed E-state index contributed by atoms with van der Waals surface area (Å²) in [4.78, 5) is 32.3. The minimum absolute atomic E-state index is 0.0253. The first-order valence-electron chi connectivity index (χ1n) is 11.1. The van der Waals surface area contributed by atoms with Crippen molar-refractivity contribution < 1.29 is 24.2 Å². The highest BCUT2D eigenvalue weighted by Crippen LogP contribution is 2.43. The number of ketones is 1. The lowest BCUT2D eigenvalue weighted by molar-refractivity contribution is -0.140. The van der Waals surface area contributed by atoms with Crippen LogP contribution in [-0.2, 0) is 22.6 Å². The first-order valence-corrected chi connectivity index (χ1v) is 11.1. The average Bonchev–Trinajstić information content (AvgIpc) is 3.35. The predicted molar refractivity (Wildman–Crippen MR) is 125 cm³/mol. The van der Waals surface area contributed by atoms with Crippen LogP contribution in [0.5, 0.6) is 11.5 Å². The summed E-state index contributed by atoms with van der Waals surface area (Å²) in [6, 6.07) is 17.1. The van der Waals surface area contributed by atoms with E-state index in [9.17, 15) is 14.7 Å². The zero-order valence-electron chi connectivity index (χ0n) is 18.9. The molecule has 34 heavy (non-hydrogen) atoms. The van der Waals surface area contributed by atoms with Crippen molar-refractivity contribution in [2.24, 2.45) is 0 Å². The summed E-state index contributed by atoms with van der Waals surface area (Å²) in [6.07, 6.45) is 2.39. The summed E-state index contributed by atoms with van der Waals surface area (Å²) in [5.41, 5.74) is 2.69. The van der Waals surface area contributed by atoms with Crippen molar-refractivity contribution >= 4 is 17.4 Å². The van der Waals surface area contributed by atoms with Gasteiger partial charge in [0.15, 0.2) is 0 Å². The Morgan fingerprint density at radius 3 is 2.71 bits per heavy atom. The molecule has 0 bridgehead atoms. The first-order chi connectivity index (χ1) is 16.5. The molecular weight excluding hydrogens is 432 g/mol. The fourth-order valence-electron chi connectivity index (χ4n) is 4.65. The summed E-state index contributed by atoms with van der Waals surface area (Å²) in [6.45, 7) is 2.09. The van der Waals surface area contributed by atoms with E-state index in [1.807, 2.05) is 31.2 Å².